The van der Waals surface area contributed by atoms with Crippen LogP contribution in [-0.4, -0.2) is 21.2 Å². The van der Waals surface area contributed by atoms with Crippen molar-refractivity contribution < 1.29 is 9.18 Å². The van der Waals surface area contributed by atoms with Crippen molar-refractivity contribution in [3.8, 4) is 5.69 Å². The number of amides is 1. The number of fused-ring (bicyclic) bond motifs is 1. The lowest BCUT2D eigenvalue weighted by Gasteiger charge is -2.13. The van der Waals surface area contributed by atoms with Gasteiger partial charge in [-0.15, -0.1) is 11.3 Å². The standard InChI is InChI=1S/C20H12Cl2FN3O2S2/c21-12-6-5-11(9-13(12)22)24-17(27)10-30-20-25-15-7-8-29-18(15)19(28)26(20)16-4-2-1-3-14(16)23/h1-9H,10H2,(H,24,27). The van der Waals surface area contributed by atoms with Crippen molar-refractivity contribution in [2.45, 2.75) is 5.16 Å². The third kappa shape index (κ3) is 4.22. The van der Waals surface area contributed by atoms with Crippen molar-refractivity contribution in [1.29, 1.82) is 0 Å². The van der Waals surface area contributed by atoms with Crippen LogP contribution >= 0.6 is 46.3 Å². The molecule has 10 heteroatoms. The lowest BCUT2D eigenvalue weighted by molar-refractivity contribution is -0.113. The van der Waals surface area contributed by atoms with E-state index in [2.05, 4.69) is 10.3 Å². The predicted molar refractivity (Wildman–Crippen MR) is 121 cm³/mol. The first-order valence-corrected chi connectivity index (χ1v) is 11.2. The molecule has 0 aliphatic carbocycles. The average molecular weight is 480 g/mol. The number of para-hydroxylation sites is 1. The number of hydrogen-bond donors (Lipinski definition) is 1. The van der Waals surface area contributed by atoms with E-state index in [1.165, 1.54) is 34.1 Å². The Hall–Kier alpha value is -2.39. The highest BCUT2D eigenvalue weighted by atomic mass is 35.5. The van der Waals surface area contributed by atoms with Gasteiger partial charge in [-0.2, -0.15) is 0 Å². The van der Waals surface area contributed by atoms with Crippen LogP contribution < -0.4 is 10.9 Å². The molecule has 4 aromatic rings. The quantitative estimate of drug-likeness (QED) is 0.297. The third-order valence-corrected chi connectivity index (χ3v) is 6.65. The van der Waals surface area contributed by atoms with Gasteiger partial charge in [-0.3, -0.25) is 14.2 Å². The summed E-state index contributed by atoms with van der Waals surface area (Å²) in [6, 6.07) is 12.4. The van der Waals surface area contributed by atoms with Crippen molar-refractivity contribution in [3.05, 3.63) is 80.1 Å². The SMILES string of the molecule is O=C(CSc1nc2ccsc2c(=O)n1-c1ccccc1F)Nc1ccc(Cl)c(Cl)c1. The molecule has 0 saturated carbocycles. The normalized spacial score (nSPS) is 11.0. The zero-order chi connectivity index (χ0) is 21.3. The fourth-order valence-corrected chi connectivity index (χ4v) is 4.60. The van der Waals surface area contributed by atoms with Crippen molar-refractivity contribution >= 4 is 68.1 Å². The molecule has 4 rings (SSSR count). The van der Waals surface area contributed by atoms with E-state index in [1.54, 1.807) is 35.7 Å². The molecular formula is C20H12Cl2FN3O2S2. The summed E-state index contributed by atoms with van der Waals surface area (Å²) in [4.78, 5) is 29.9. The van der Waals surface area contributed by atoms with E-state index in [0.29, 0.717) is 25.9 Å². The molecule has 0 unspecified atom stereocenters. The van der Waals surface area contributed by atoms with E-state index < -0.39 is 5.82 Å². The topological polar surface area (TPSA) is 64.0 Å². The van der Waals surface area contributed by atoms with Crippen LogP contribution in [0.5, 0.6) is 0 Å². The number of benzene rings is 2. The molecule has 1 N–H and O–H groups in total. The van der Waals surface area contributed by atoms with Gasteiger partial charge in [0, 0.05) is 5.69 Å². The lowest BCUT2D eigenvalue weighted by atomic mass is 10.3. The maximum absolute atomic E-state index is 14.4. The van der Waals surface area contributed by atoms with Crippen LogP contribution in [0.1, 0.15) is 0 Å². The maximum Gasteiger partial charge on any atom is 0.276 e. The summed E-state index contributed by atoms with van der Waals surface area (Å²) in [6.45, 7) is 0. The molecule has 2 aromatic heterocycles. The number of rotatable bonds is 5. The molecule has 0 spiro atoms. The van der Waals surface area contributed by atoms with Gasteiger partial charge in [-0.25, -0.2) is 9.37 Å². The van der Waals surface area contributed by atoms with Crippen LogP contribution in [-0.2, 0) is 4.79 Å². The molecule has 0 fully saturated rings. The fraction of sp³-hybridized carbons (Fsp3) is 0.0500. The van der Waals surface area contributed by atoms with E-state index in [4.69, 9.17) is 23.2 Å². The Balaban J connectivity index is 1.64. The zero-order valence-electron chi connectivity index (χ0n) is 15.1. The highest BCUT2D eigenvalue weighted by Crippen LogP contribution is 2.27. The molecule has 152 valence electrons. The van der Waals surface area contributed by atoms with Gasteiger partial charge < -0.3 is 5.32 Å². The fourth-order valence-electron chi connectivity index (χ4n) is 2.74. The summed E-state index contributed by atoms with van der Waals surface area (Å²) in [5.41, 5.74) is 0.693. The molecule has 0 aliphatic heterocycles. The van der Waals surface area contributed by atoms with E-state index in [-0.39, 0.29) is 28.1 Å². The number of nitrogens with one attached hydrogen (secondary N) is 1. The Kier molecular flexibility index (Phi) is 6.10. The van der Waals surface area contributed by atoms with Gasteiger partial charge in [-0.1, -0.05) is 47.1 Å². The van der Waals surface area contributed by atoms with E-state index in [1.807, 2.05) is 0 Å². The van der Waals surface area contributed by atoms with Gasteiger partial charge in [-0.05, 0) is 41.8 Å². The molecular weight excluding hydrogens is 468 g/mol. The predicted octanol–water partition coefficient (Wildman–Crippen LogP) is 5.62. The average Bonchev–Trinajstić information content (AvgIpc) is 3.19. The number of aromatic nitrogens is 2. The van der Waals surface area contributed by atoms with Crippen molar-refractivity contribution in [2.24, 2.45) is 0 Å². The second kappa shape index (κ2) is 8.77. The summed E-state index contributed by atoms with van der Waals surface area (Å²) in [6.07, 6.45) is 0. The van der Waals surface area contributed by atoms with Crippen LogP contribution in [0.4, 0.5) is 10.1 Å². The highest BCUT2D eigenvalue weighted by molar-refractivity contribution is 7.99. The smallest absolute Gasteiger partial charge is 0.276 e. The minimum absolute atomic E-state index is 0.0449. The minimum Gasteiger partial charge on any atom is -0.325 e. The summed E-state index contributed by atoms with van der Waals surface area (Å²) in [5, 5.41) is 5.38. The molecule has 0 saturated heterocycles. The Labute approximate surface area is 188 Å². The van der Waals surface area contributed by atoms with Crippen molar-refractivity contribution in [2.75, 3.05) is 11.1 Å². The van der Waals surface area contributed by atoms with Gasteiger partial charge in [0.05, 0.1) is 27.0 Å². The first kappa shape index (κ1) is 20.9. The molecule has 5 nitrogen and oxygen atoms in total. The number of anilines is 1. The van der Waals surface area contributed by atoms with Crippen LogP contribution in [0, 0.1) is 5.82 Å². The first-order valence-electron chi connectivity index (χ1n) is 8.57. The number of carbonyl (C=O) groups is 1. The Morgan fingerprint density at radius 1 is 1.17 bits per heavy atom. The molecule has 30 heavy (non-hydrogen) atoms. The molecule has 0 atom stereocenters. The van der Waals surface area contributed by atoms with Crippen LogP contribution in [0.15, 0.2) is 63.9 Å². The van der Waals surface area contributed by atoms with Crippen LogP contribution in [0.25, 0.3) is 15.9 Å². The van der Waals surface area contributed by atoms with Crippen molar-refractivity contribution in [1.82, 2.24) is 9.55 Å². The van der Waals surface area contributed by atoms with Gasteiger partial charge in [0.25, 0.3) is 5.56 Å². The summed E-state index contributed by atoms with van der Waals surface area (Å²) in [5.74, 6) is -0.936. The van der Waals surface area contributed by atoms with Gasteiger partial charge in [0.1, 0.15) is 10.5 Å². The number of nitrogens with zero attached hydrogens (tertiary/aromatic N) is 2. The lowest BCUT2D eigenvalue weighted by Crippen LogP contribution is -2.23. The Morgan fingerprint density at radius 2 is 1.97 bits per heavy atom. The van der Waals surface area contributed by atoms with Gasteiger partial charge >= 0.3 is 0 Å². The number of thiophene rings is 1. The molecule has 0 bridgehead atoms. The maximum atomic E-state index is 14.4. The number of hydrogen-bond acceptors (Lipinski definition) is 5. The largest absolute Gasteiger partial charge is 0.325 e. The monoisotopic (exact) mass is 479 g/mol. The summed E-state index contributed by atoms with van der Waals surface area (Å²) in [7, 11) is 0. The molecule has 2 heterocycles. The minimum atomic E-state index is -0.556. The van der Waals surface area contributed by atoms with Gasteiger partial charge in [0.2, 0.25) is 5.91 Å². The van der Waals surface area contributed by atoms with E-state index in [9.17, 15) is 14.0 Å². The Bertz CT molecular complexity index is 1320. The van der Waals surface area contributed by atoms with Crippen molar-refractivity contribution in [3.63, 3.8) is 0 Å². The molecule has 0 radical (unpaired) electrons. The second-order valence-electron chi connectivity index (χ2n) is 6.09. The van der Waals surface area contributed by atoms with E-state index >= 15 is 0 Å². The zero-order valence-corrected chi connectivity index (χ0v) is 18.2. The number of carbonyl (C=O) groups excluding carboxylic acids is 1. The summed E-state index contributed by atoms with van der Waals surface area (Å²) < 4.78 is 16.0. The summed E-state index contributed by atoms with van der Waals surface area (Å²) >= 11 is 14.1. The highest BCUT2D eigenvalue weighted by Gasteiger charge is 2.18. The van der Waals surface area contributed by atoms with Crippen LogP contribution in [0.3, 0.4) is 0 Å². The number of halogens is 3. The molecule has 1 amide bonds. The van der Waals surface area contributed by atoms with Crippen LogP contribution in [0.2, 0.25) is 10.0 Å². The molecule has 2 aromatic carbocycles. The Morgan fingerprint density at radius 3 is 2.73 bits per heavy atom. The molecule has 0 aliphatic rings. The second-order valence-corrected chi connectivity index (χ2v) is 8.76. The number of thioether (sulfide) groups is 1. The van der Waals surface area contributed by atoms with Gasteiger partial charge in [0.15, 0.2) is 5.16 Å². The van der Waals surface area contributed by atoms with E-state index in [0.717, 1.165) is 11.8 Å². The first-order chi connectivity index (χ1) is 14.4. The third-order valence-electron chi connectivity index (χ3n) is 4.08.